The zero-order valence-electron chi connectivity index (χ0n) is 14.6. The molecule has 3 fully saturated rings. The molecule has 1 saturated carbocycles. The summed E-state index contributed by atoms with van der Waals surface area (Å²) in [6, 6.07) is 6.63. The Morgan fingerprint density at radius 2 is 1.92 bits per heavy atom. The molecule has 3 aliphatic rings. The van der Waals surface area contributed by atoms with Crippen LogP contribution in [-0.4, -0.2) is 43.4 Å². The summed E-state index contributed by atoms with van der Waals surface area (Å²) in [4.78, 5) is 15.5. The first kappa shape index (κ1) is 17.0. The Morgan fingerprint density at radius 3 is 2.64 bits per heavy atom. The van der Waals surface area contributed by atoms with Crippen molar-refractivity contribution in [1.29, 1.82) is 0 Å². The highest BCUT2D eigenvalue weighted by atomic mass is 19.1. The molecule has 2 saturated heterocycles. The number of piperidine rings is 1. The van der Waals surface area contributed by atoms with Crippen LogP contribution in [0.1, 0.15) is 44.1 Å². The van der Waals surface area contributed by atoms with Crippen LogP contribution < -0.4 is 0 Å². The number of ether oxygens (including phenoxy) is 2. The first-order valence-corrected chi connectivity index (χ1v) is 9.48. The quantitative estimate of drug-likeness (QED) is 0.842. The van der Waals surface area contributed by atoms with Crippen LogP contribution in [0.15, 0.2) is 24.3 Å². The van der Waals surface area contributed by atoms with Crippen LogP contribution in [0.5, 0.6) is 0 Å². The first-order valence-electron chi connectivity index (χ1n) is 9.48. The fourth-order valence-corrected chi connectivity index (χ4v) is 4.76. The average Bonchev–Trinajstić information content (AvgIpc) is 3.34. The lowest BCUT2D eigenvalue weighted by Crippen LogP contribution is -2.51. The van der Waals surface area contributed by atoms with Gasteiger partial charge in [0.1, 0.15) is 5.82 Å². The Hall–Kier alpha value is -1.46. The van der Waals surface area contributed by atoms with Crippen LogP contribution in [0.3, 0.4) is 0 Å². The van der Waals surface area contributed by atoms with Gasteiger partial charge in [0.25, 0.3) is 0 Å². The summed E-state index contributed by atoms with van der Waals surface area (Å²) >= 11 is 0. The molecule has 1 unspecified atom stereocenters. The predicted molar refractivity (Wildman–Crippen MR) is 91.5 cm³/mol. The minimum absolute atomic E-state index is 0.165. The first-order chi connectivity index (χ1) is 12.2. The van der Waals surface area contributed by atoms with E-state index in [1.807, 2.05) is 11.0 Å². The second-order valence-corrected chi connectivity index (χ2v) is 7.56. The van der Waals surface area contributed by atoms with Gasteiger partial charge in [0.05, 0.1) is 18.6 Å². The van der Waals surface area contributed by atoms with Gasteiger partial charge >= 0.3 is 0 Å². The number of hydrogen-bond donors (Lipinski definition) is 0. The molecule has 2 aliphatic heterocycles. The van der Waals surface area contributed by atoms with Gasteiger partial charge in [0, 0.05) is 19.0 Å². The molecule has 4 nitrogen and oxygen atoms in total. The fraction of sp³-hybridized carbons (Fsp3) is 0.650. The van der Waals surface area contributed by atoms with E-state index in [1.54, 1.807) is 12.1 Å². The summed E-state index contributed by atoms with van der Waals surface area (Å²) in [6.45, 7) is 2.74. The van der Waals surface area contributed by atoms with Crippen molar-refractivity contribution < 1.29 is 18.7 Å². The molecule has 1 aromatic rings. The van der Waals surface area contributed by atoms with E-state index >= 15 is 0 Å². The van der Waals surface area contributed by atoms with Crippen LogP contribution in [0.25, 0.3) is 0 Å². The van der Waals surface area contributed by atoms with Crippen molar-refractivity contribution in [3.8, 4) is 0 Å². The molecule has 0 N–H and O–H groups in total. The summed E-state index contributed by atoms with van der Waals surface area (Å²) in [5.74, 6) is 0.144. The van der Waals surface area contributed by atoms with Gasteiger partial charge in [-0.25, -0.2) is 4.39 Å². The summed E-state index contributed by atoms with van der Waals surface area (Å²) in [6.07, 6.45) is 5.49. The lowest BCUT2D eigenvalue weighted by molar-refractivity contribution is -0.145. The zero-order chi connectivity index (χ0) is 17.3. The van der Waals surface area contributed by atoms with Crippen molar-refractivity contribution in [2.75, 3.05) is 26.3 Å². The van der Waals surface area contributed by atoms with Crippen LogP contribution >= 0.6 is 0 Å². The Labute approximate surface area is 148 Å². The molecule has 1 aliphatic carbocycles. The number of amides is 1. The second-order valence-electron chi connectivity index (χ2n) is 7.56. The van der Waals surface area contributed by atoms with Gasteiger partial charge in [-0.1, -0.05) is 25.0 Å². The van der Waals surface area contributed by atoms with Gasteiger partial charge in [-0.2, -0.15) is 0 Å². The highest BCUT2D eigenvalue weighted by Crippen LogP contribution is 2.43. The van der Waals surface area contributed by atoms with E-state index in [-0.39, 0.29) is 23.9 Å². The molecule has 1 aromatic carbocycles. The number of carbonyl (C=O) groups excluding carboxylic acids is 1. The molecule has 136 valence electrons. The van der Waals surface area contributed by atoms with E-state index in [4.69, 9.17) is 9.47 Å². The van der Waals surface area contributed by atoms with E-state index in [9.17, 15) is 9.18 Å². The van der Waals surface area contributed by atoms with E-state index in [0.29, 0.717) is 19.8 Å². The van der Waals surface area contributed by atoms with Gasteiger partial charge < -0.3 is 14.4 Å². The molecule has 4 rings (SSSR count). The highest BCUT2D eigenvalue weighted by molar-refractivity contribution is 5.88. The third-order valence-corrected chi connectivity index (χ3v) is 6.02. The molecule has 0 bridgehead atoms. The Kier molecular flexibility index (Phi) is 4.78. The maximum atomic E-state index is 13.8. The fourth-order valence-electron chi connectivity index (χ4n) is 4.76. The van der Waals surface area contributed by atoms with Crippen molar-refractivity contribution in [3.05, 3.63) is 35.6 Å². The molecule has 25 heavy (non-hydrogen) atoms. The molecule has 0 radical (unpaired) electrons. The maximum Gasteiger partial charge on any atom is 0.233 e. The zero-order valence-corrected chi connectivity index (χ0v) is 14.6. The number of hydrogen-bond acceptors (Lipinski definition) is 3. The predicted octanol–water partition coefficient (Wildman–Crippen LogP) is 3.25. The van der Waals surface area contributed by atoms with Gasteiger partial charge in [-0.3, -0.25) is 4.79 Å². The number of likely N-dealkylation sites (tertiary alicyclic amines) is 1. The number of carbonyl (C=O) groups is 1. The van der Waals surface area contributed by atoms with Crippen molar-refractivity contribution in [2.24, 2.45) is 5.92 Å². The van der Waals surface area contributed by atoms with E-state index in [2.05, 4.69) is 0 Å². The largest absolute Gasteiger partial charge is 0.350 e. The number of nitrogens with zero attached hydrogens (tertiary/aromatic N) is 1. The third-order valence-electron chi connectivity index (χ3n) is 6.02. The lowest BCUT2D eigenvalue weighted by atomic mass is 9.77. The van der Waals surface area contributed by atoms with Gasteiger partial charge in [0.2, 0.25) is 5.91 Å². The third kappa shape index (κ3) is 3.20. The standard InChI is InChI=1S/C20H26FNO3/c21-17-7-3-6-16(13-17)20(8-1-2-9-20)19(23)22-10-4-5-15(14-22)18-24-11-12-25-18/h3,6-7,13,15,18H,1-2,4-5,8-12,14H2. The highest BCUT2D eigenvalue weighted by Gasteiger charge is 2.46. The minimum atomic E-state index is -0.554. The maximum absolute atomic E-state index is 13.8. The second kappa shape index (κ2) is 7.04. The minimum Gasteiger partial charge on any atom is -0.350 e. The molecular formula is C20H26FNO3. The monoisotopic (exact) mass is 347 g/mol. The Balaban J connectivity index is 1.56. The van der Waals surface area contributed by atoms with Crippen molar-refractivity contribution in [3.63, 3.8) is 0 Å². The van der Waals surface area contributed by atoms with Crippen molar-refractivity contribution in [1.82, 2.24) is 4.90 Å². The Morgan fingerprint density at radius 1 is 1.16 bits per heavy atom. The van der Waals surface area contributed by atoms with E-state index in [0.717, 1.165) is 50.6 Å². The number of rotatable bonds is 3. The topological polar surface area (TPSA) is 38.8 Å². The van der Waals surface area contributed by atoms with Crippen LogP contribution in [0.4, 0.5) is 4.39 Å². The van der Waals surface area contributed by atoms with Gasteiger partial charge in [0.15, 0.2) is 6.29 Å². The van der Waals surface area contributed by atoms with E-state index < -0.39 is 5.41 Å². The summed E-state index contributed by atoms with van der Waals surface area (Å²) in [5, 5.41) is 0. The molecule has 1 atom stereocenters. The Bertz CT molecular complexity index is 623. The summed E-state index contributed by atoms with van der Waals surface area (Å²) in [5.41, 5.74) is 0.284. The van der Waals surface area contributed by atoms with Crippen molar-refractivity contribution in [2.45, 2.75) is 50.2 Å². The lowest BCUT2D eigenvalue weighted by Gasteiger charge is -2.40. The summed E-state index contributed by atoms with van der Waals surface area (Å²) < 4.78 is 25.1. The smallest absolute Gasteiger partial charge is 0.233 e. The molecule has 2 heterocycles. The molecular weight excluding hydrogens is 321 g/mol. The molecule has 5 heteroatoms. The van der Waals surface area contributed by atoms with Crippen LogP contribution in [0.2, 0.25) is 0 Å². The van der Waals surface area contributed by atoms with Crippen molar-refractivity contribution >= 4 is 5.91 Å². The number of halogens is 1. The SMILES string of the molecule is O=C(N1CCCC(C2OCCO2)C1)C1(c2cccc(F)c2)CCCC1. The molecule has 1 amide bonds. The average molecular weight is 347 g/mol. The van der Waals surface area contributed by atoms with E-state index in [1.165, 1.54) is 6.07 Å². The van der Waals surface area contributed by atoms with Crippen LogP contribution in [0, 0.1) is 11.7 Å². The molecule has 0 aromatic heterocycles. The number of benzene rings is 1. The van der Waals surface area contributed by atoms with Crippen LogP contribution in [-0.2, 0) is 19.7 Å². The molecule has 0 spiro atoms. The summed E-state index contributed by atoms with van der Waals surface area (Å²) in [7, 11) is 0. The normalized spacial score (nSPS) is 26.9. The van der Waals surface area contributed by atoms with Gasteiger partial charge in [-0.05, 0) is 43.4 Å². The van der Waals surface area contributed by atoms with Gasteiger partial charge in [-0.15, -0.1) is 0 Å².